The zero-order chi connectivity index (χ0) is 24.6. The fourth-order valence-corrected chi connectivity index (χ4v) is 5.33. The van der Waals surface area contributed by atoms with E-state index in [2.05, 4.69) is 10.3 Å². The summed E-state index contributed by atoms with van der Waals surface area (Å²) in [5.41, 5.74) is 2.96. The van der Waals surface area contributed by atoms with Gasteiger partial charge in [0.2, 0.25) is 0 Å². The fourth-order valence-electron chi connectivity index (χ4n) is 5.13. The number of carbonyl (C=O) groups is 2. The second-order valence-corrected chi connectivity index (χ2v) is 9.54. The summed E-state index contributed by atoms with van der Waals surface area (Å²) < 4.78 is 13.5. The third-order valence-corrected chi connectivity index (χ3v) is 7.35. The van der Waals surface area contributed by atoms with Gasteiger partial charge in [0.25, 0.3) is 11.8 Å². The van der Waals surface area contributed by atoms with Crippen LogP contribution in [0.3, 0.4) is 0 Å². The molecule has 6 nitrogen and oxygen atoms in total. The number of aromatic nitrogens is 1. The number of nitrogens with zero attached hydrogens (tertiary/aromatic N) is 2. The lowest BCUT2D eigenvalue weighted by molar-refractivity contribution is 0.0984. The highest BCUT2D eigenvalue weighted by molar-refractivity contribution is 6.34. The molecule has 1 saturated carbocycles. The van der Waals surface area contributed by atoms with Gasteiger partial charge in [0.15, 0.2) is 0 Å². The predicted octanol–water partition coefficient (Wildman–Crippen LogP) is 5.91. The predicted molar refractivity (Wildman–Crippen MR) is 134 cm³/mol. The van der Waals surface area contributed by atoms with Crippen LogP contribution in [0.1, 0.15) is 52.0 Å². The Bertz CT molecular complexity index is 1330. The van der Waals surface area contributed by atoms with Gasteiger partial charge in [0.1, 0.15) is 11.6 Å². The van der Waals surface area contributed by atoms with Crippen molar-refractivity contribution in [2.24, 2.45) is 5.41 Å². The minimum Gasteiger partial charge on any atom is -0.309 e. The van der Waals surface area contributed by atoms with Gasteiger partial charge < -0.3 is 15.6 Å². The van der Waals surface area contributed by atoms with Crippen LogP contribution in [0.15, 0.2) is 60.8 Å². The Morgan fingerprint density at radius 3 is 2.69 bits per heavy atom. The maximum Gasteiger partial charge on any atom is 0.259 e. The molecule has 8 heteroatoms. The first-order chi connectivity index (χ1) is 16.9. The van der Waals surface area contributed by atoms with Crippen LogP contribution in [-0.4, -0.2) is 29.1 Å². The molecule has 2 heterocycles. The number of para-hydroxylation sites is 1. The van der Waals surface area contributed by atoms with Crippen LogP contribution in [0.25, 0.3) is 0 Å². The maximum absolute atomic E-state index is 13.5. The van der Waals surface area contributed by atoms with E-state index >= 15 is 0 Å². The SMILES string of the molecule is N=C1CCCC12CCN(C(=O)c1ccc(NC(=O)c3cc(F)ccc3Cl)nc1)c1ccccc1C2. The Kier molecular flexibility index (Phi) is 6.11. The number of hydrogen-bond acceptors (Lipinski definition) is 4. The standard InChI is InChI=1S/C27H24ClFN4O2/c28-21-9-8-19(29)14-20(21)25(34)32-24-10-7-18(16-31-24)26(35)33-13-12-27(11-3-6-23(27)30)15-17-4-1-2-5-22(17)33/h1-2,4-5,7-10,14,16,30H,3,6,11-13,15H2,(H,31,32,34). The number of carbonyl (C=O) groups excluding carboxylic acids is 2. The van der Waals surface area contributed by atoms with Crippen LogP contribution in [0.4, 0.5) is 15.9 Å². The van der Waals surface area contributed by atoms with Crippen molar-refractivity contribution in [2.75, 3.05) is 16.8 Å². The summed E-state index contributed by atoms with van der Waals surface area (Å²) in [5, 5.41) is 11.3. The summed E-state index contributed by atoms with van der Waals surface area (Å²) in [6, 6.07) is 14.6. The van der Waals surface area contributed by atoms with Crippen LogP contribution < -0.4 is 10.2 Å². The molecule has 1 aliphatic carbocycles. The number of anilines is 2. The average Bonchev–Trinajstić information content (AvgIpc) is 3.11. The molecule has 1 aliphatic heterocycles. The third-order valence-electron chi connectivity index (χ3n) is 7.02. The molecule has 1 atom stereocenters. The summed E-state index contributed by atoms with van der Waals surface area (Å²) in [6.07, 6.45) is 5.78. The van der Waals surface area contributed by atoms with Gasteiger partial charge in [-0.3, -0.25) is 9.59 Å². The highest BCUT2D eigenvalue weighted by Crippen LogP contribution is 2.45. The molecule has 0 radical (unpaired) electrons. The number of rotatable bonds is 3. The molecule has 1 aromatic heterocycles. The smallest absolute Gasteiger partial charge is 0.259 e. The van der Waals surface area contributed by atoms with E-state index in [0.717, 1.165) is 55.1 Å². The van der Waals surface area contributed by atoms with Gasteiger partial charge in [-0.1, -0.05) is 29.8 Å². The van der Waals surface area contributed by atoms with E-state index in [1.807, 2.05) is 24.3 Å². The summed E-state index contributed by atoms with van der Waals surface area (Å²) in [6.45, 7) is 0.523. The van der Waals surface area contributed by atoms with Crippen molar-refractivity contribution < 1.29 is 14.0 Å². The first-order valence-corrected chi connectivity index (χ1v) is 11.9. The maximum atomic E-state index is 13.5. The lowest BCUT2D eigenvalue weighted by atomic mass is 9.76. The number of fused-ring (bicyclic) bond motifs is 1. The van der Waals surface area contributed by atoms with Crippen LogP contribution in [-0.2, 0) is 6.42 Å². The van der Waals surface area contributed by atoms with Crippen molar-refractivity contribution in [1.82, 2.24) is 4.98 Å². The molecule has 3 aromatic rings. The van der Waals surface area contributed by atoms with E-state index < -0.39 is 11.7 Å². The van der Waals surface area contributed by atoms with Gasteiger partial charge in [-0.25, -0.2) is 9.37 Å². The quantitative estimate of drug-likeness (QED) is 0.478. The van der Waals surface area contributed by atoms with Crippen molar-refractivity contribution in [2.45, 2.75) is 32.1 Å². The zero-order valence-electron chi connectivity index (χ0n) is 19.0. The van der Waals surface area contributed by atoms with Crippen LogP contribution in [0.2, 0.25) is 5.02 Å². The molecule has 1 spiro atoms. The largest absolute Gasteiger partial charge is 0.309 e. The Morgan fingerprint density at radius 1 is 1.11 bits per heavy atom. The van der Waals surface area contributed by atoms with Crippen LogP contribution in [0, 0.1) is 16.6 Å². The van der Waals surface area contributed by atoms with Crippen molar-refractivity contribution in [3.05, 3.63) is 88.3 Å². The molecular weight excluding hydrogens is 467 g/mol. The lowest BCUT2D eigenvalue weighted by Crippen LogP contribution is -2.34. The summed E-state index contributed by atoms with van der Waals surface area (Å²) in [7, 11) is 0. The molecule has 0 saturated heterocycles. The normalized spacial score (nSPS) is 19.4. The van der Waals surface area contributed by atoms with E-state index in [9.17, 15) is 14.0 Å². The summed E-state index contributed by atoms with van der Waals surface area (Å²) in [5.74, 6) is -1.12. The second kappa shape index (κ2) is 9.23. The highest BCUT2D eigenvalue weighted by atomic mass is 35.5. The number of benzene rings is 2. The van der Waals surface area contributed by atoms with Gasteiger partial charge in [-0.2, -0.15) is 0 Å². The Morgan fingerprint density at radius 2 is 1.94 bits per heavy atom. The van der Waals surface area contributed by atoms with Crippen molar-refractivity contribution in [3.8, 4) is 0 Å². The molecular formula is C27H24ClFN4O2. The number of hydrogen-bond donors (Lipinski definition) is 2. The molecule has 2 aromatic carbocycles. The molecule has 2 aliphatic rings. The number of nitrogens with one attached hydrogen (secondary N) is 2. The van der Waals surface area contributed by atoms with E-state index in [-0.39, 0.29) is 27.7 Å². The Labute approximate surface area is 207 Å². The first kappa shape index (κ1) is 23.2. The molecule has 0 bridgehead atoms. The average molecular weight is 491 g/mol. The minimum atomic E-state index is -0.591. The Hall–Kier alpha value is -3.58. The highest BCUT2D eigenvalue weighted by Gasteiger charge is 2.42. The second-order valence-electron chi connectivity index (χ2n) is 9.14. The molecule has 178 valence electrons. The van der Waals surface area contributed by atoms with E-state index in [0.29, 0.717) is 12.1 Å². The molecule has 1 fully saturated rings. The van der Waals surface area contributed by atoms with Gasteiger partial charge in [0, 0.05) is 29.6 Å². The van der Waals surface area contributed by atoms with Crippen LogP contribution >= 0.6 is 11.6 Å². The fraction of sp³-hybridized carbons (Fsp3) is 0.259. The summed E-state index contributed by atoms with van der Waals surface area (Å²) >= 11 is 6.01. The summed E-state index contributed by atoms with van der Waals surface area (Å²) in [4.78, 5) is 32.0. The minimum absolute atomic E-state index is 0.00111. The Balaban J connectivity index is 1.36. The zero-order valence-corrected chi connectivity index (χ0v) is 19.7. The number of pyridine rings is 1. The molecule has 2 amide bonds. The van der Waals surface area contributed by atoms with Gasteiger partial charge in [-0.05, 0) is 74.1 Å². The van der Waals surface area contributed by atoms with Gasteiger partial charge in [-0.15, -0.1) is 0 Å². The first-order valence-electron chi connectivity index (χ1n) is 11.6. The van der Waals surface area contributed by atoms with E-state index in [1.165, 1.54) is 24.4 Å². The van der Waals surface area contributed by atoms with Crippen molar-refractivity contribution in [3.63, 3.8) is 0 Å². The number of halogens is 2. The molecule has 35 heavy (non-hydrogen) atoms. The third kappa shape index (κ3) is 4.44. The molecule has 5 rings (SSSR count). The topological polar surface area (TPSA) is 86.2 Å². The lowest BCUT2D eigenvalue weighted by Gasteiger charge is -2.28. The monoisotopic (exact) mass is 490 g/mol. The van der Waals surface area contributed by atoms with Crippen LogP contribution in [0.5, 0.6) is 0 Å². The van der Waals surface area contributed by atoms with Gasteiger partial charge >= 0.3 is 0 Å². The van der Waals surface area contributed by atoms with E-state index in [1.54, 1.807) is 11.0 Å². The van der Waals surface area contributed by atoms with Crippen molar-refractivity contribution >= 4 is 40.6 Å². The molecule has 2 N–H and O–H groups in total. The van der Waals surface area contributed by atoms with Gasteiger partial charge in [0.05, 0.1) is 16.1 Å². The van der Waals surface area contributed by atoms with E-state index in [4.69, 9.17) is 17.0 Å². The molecule has 1 unspecified atom stereocenters. The number of amides is 2. The van der Waals surface area contributed by atoms with Crippen molar-refractivity contribution in [1.29, 1.82) is 5.41 Å².